The Balaban J connectivity index is 1.77. The van der Waals surface area contributed by atoms with E-state index in [9.17, 15) is 9.59 Å². The van der Waals surface area contributed by atoms with Gasteiger partial charge in [0.05, 0.1) is 24.1 Å². The van der Waals surface area contributed by atoms with Crippen LogP contribution in [0.2, 0.25) is 109 Å². The second kappa shape index (κ2) is 32.6. The normalized spacial score (nSPS) is 19.3. The summed E-state index contributed by atoms with van der Waals surface area (Å²) in [6, 6.07) is 17.5. The van der Waals surface area contributed by atoms with Gasteiger partial charge in [0.2, 0.25) is 54.5 Å². The summed E-state index contributed by atoms with van der Waals surface area (Å²) in [4.78, 5) is 96.1. The topological polar surface area (TPSA) is 236 Å². The maximum atomic E-state index is 16.6. The first-order valence-electron chi connectivity index (χ1n) is 37.0. The van der Waals surface area contributed by atoms with Gasteiger partial charge in [0.1, 0.15) is 48.3 Å². The summed E-state index contributed by atoms with van der Waals surface area (Å²) in [6.45, 7) is 67.3. The Hall–Kier alpha value is -5.40. The first-order valence-corrected chi connectivity index (χ1v) is 54.5. The number of hydrogen-bond acceptors (Lipinski definition) is 13. The SMILES string of the molecule is CC(O[Si](C)(C)C(C)(C)C)[C@H](NC(=O)[C@@H](NC(=O)[C@@H]1CC(O[Si](C)(C)C(C)(C)C)=CN1C(=O)[C@H](Cc1ccc(O[Si](C)(C)C(C)(C)C)cc1)NC(=O)OCc1ccccc1)[C@@H](Cc1ccc(O[Si](C)(C)C(C)(C)C)cc1)O[Si](C)(C)C(C)(C)C)C(=O)N1C[C@H](C)[C@H](O[Si](C)(C)C(C)(C)C)[C@H]1C(N)=O. The number of carbonyl (C=O) groups is 6. The van der Waals surface area contributed by atoms with Crippen LogP contribution in [0.1, 0.15) is 162 Å². The van der Waals surface area contributed by atoms with E-state index in [2.05, 4.69) is 219 Å². The zero-order valence-corrected chi connectivity index (χ0v) is 75.1. The zero-order valence-electron chi connectivity index (χ0n) is 69.1. The van der Waals surface area contributed by atoms with Gasteiger partial charge in [-0.25, -0.2) is 4.79 Å². The van der Waals surface area contributed by atoms with Gasteiger partial charge in [-0.2, -0.15) is 0 Å². The standard InChI is InChI=1S/C78H134N6O13Si6/c1-52-49-84(65(67(79)85)66(52)97-103(31,32)78(18,19)20)71(89)63(53(2)92-98(21,22)73(3,4)5)81-69(87)64(62(96-102(29,30)77(15,16)17)47-55-40-44-58(45-41-55)94-100(25,26)75(9,10)11)82-68(86)61-48-59(95-101(27,28)76(12,13)14)50-83(61)70(88)60(80-72(90)91-51-56-36-34-33-35-37-56)46-54-38-42-57(43-39-54)93-99(23,24)74(6,7)8/h33-45,50,52-53,60-66H,46-49,51H2,1-32H3,(H2,79,85)(H,80,90)(H,81,87)(H,82,86)/t52-,53?,60-,61-,62+,63-,64-,65-,66-/m0/s1. The molecule has 578 valence electrons. The quantitative estimate of drug-likeness (QED) is 0.0496. The van der Waals surface area contributed by atoms with Crippen molar-refractivity contribution < 1.29 is 60.1 Å². The van der Waals surface area contributed by atoms with Crippen LogP contribution in [0.3, 0.4) is 0 Å². The van der Waals surface area contributed by atoms with Crippen LogP contribution in [0.25, 0.3) is 0 Å². The van der Waals surface area contributed by atoms with Crippen molar-refractivity contribution in [1.82, 2.24) is 25.8 Å². The van der Waals surface area contributed by atoms with E-state index >= 15 is 19.2 Å². The number of nitrogens with zero attached hydrogens (tertiary/aromatic N) is 2. The van der Waals surface area contributed by atoms with E-state index < -0.39 is 139 Å². The minimum Gasteiger partial charge on any atom is -0.545 e. The molecular weight excluding hydrogens is 1400 g/mol. The minimum absolute atomic E-state index is 0.0238. The number of nitrogens with one attached hydrogen (secondary N) is 3. The van der Waals surface area contributed by atoms with Crippen LogP contribution in [0.15, 0.2) is 90.8 Å². The molecule has 9 atom stereocenters. The summed E-state index contributed by atoms with van der Waals surface area (Å²) >= 11 is 0. The monoisotopic (exact) mass is 1530 g/mol. The molecule has 2 aliphatic rings. The van der Waals surface area contributed by atoms with Crippen LogP contribution < -0.4 is 30.5 Å². The predicted molar refractivity (Wildman–Crippen MR) is 431 cm³/mol. The van der Waals surface area contributed by atoms with E-state index in [0.717, 1.165) is 11.1 Å². The van der Waals surface area contributed by atoms with E-state index in [1.54, 1.807) is 13.1 Å². The minimum atomic E-state index is -2.97. The summed E-state index contributed by atoms with van der Waals surface area (Å²) in [5.74, 6) is -2.11. The lowest BCUT2D eigenvalue weighted by Gasteiger charge is -2.43. The van der Waals surface area contributed by atoms with E-state index in [-0.39, 0.29) is 63.5 Å². The van der Waals surface area contributed by atoms with Crippen LogP contribution in [-0.4, -0.2) is 150 Å². The van der Waals surface area contributed by atoms with Crippen LogP contribution in [0.5, 0.6) is 11.5 Å². The van der Waals surface area contributed by atoms with Crippen LogP contribution in [0, 0.1) is 5.92 Å². The molecule has 5 rings (SSSR count). The molecule has 2 heterocycles. The lowest BCUT2D eigenvalue weighted by Crippen LogP contribution is -2.65. The van der Waals surface area contributed by atoms with Crippen molar-refractivity contribution in [2.45, 2.75) is 322 Å². The number of nitrogens with two attached hydrogens (primary N) is 1. The van der Waals surface area contributed by atoms with Crippen LogP contribution in [-0.2, 0) is 65.9 Å². The third-order valence-electron chi connectivity index (χ3n) is 23.7. The maximum absolute atomic E-state index is 16.6. The number of primary amides is 1. The van der Waals surface area contributed by atoms with Crippen LogP contribution >= 0.6 is 0 Å². The second-order valence-electron chi connectivity index (χ2n) is 38.2. The van der Waals surface area contributed by atoms with Gasteiger partial charge in [0, 0.05) is 31.5 Å². The molecule has 3 aromatic carbocycles. The molecule has 6 amide bonds. The molecule has 1 fully saturated rings. The lowest BCUT2D eigenvalue weighted by atomic mass is 9.99. The van der Waals surface area contributed by atoms with Crippen molar-refractivity contribution in [3.63, 3.8) is 0 Å². The highest BCUT2D eigenvalue weighted by Crippen LogP contribution is 2.45. The fraction of sp³-hybridized carbons (Fsp3) is 0.667. The summed E-state index contributed by atoms with van der Waals surface area (Å²) < 4.78 is 47.8. The molecular formula is C78H134N6O13Si6. The van der Waals surface area contributed by atoms with Gasteiger partial charge in [-0.3, -0.25) is 24.0 Å². The molecule has 2 aliphatic heterocycles. The molecule has 0 bridgehead atoms. The Morgan fingerprint density at radius 3 is 1.40 bits per heavy atom. The van der Waals surface area contributed by atoms with Crippen molar-refractivity contribution in [1.29, 1.82) is 0 Å². The molecule has 1 unspecified atom stereocenters. The average Bonchev–Trinajstić information content (AvgIpc) is 1.66. The maximum Gasteiger partial charge on any atom is 0.408 e. The highest BCUT2D eigenvalue weighted by Gasteiger charge is 2.54. The number of ether oxygens (including phenoxy) is 1. The molecule has 1 saturated heterocycles. The largest absolute Gasteiger partial charge is 0.545 e. The zero-order chi connectivity index (χ0) is 78.8. The second-order valence-corrected chi connectivity index (χ2v) is 66.7. The number of benzene rings is 3. The summed E-state index contributed by atoms with van der Waals surface area (Å²) in [5.41, 5.74) is 8.56. The van der Waals surface area contributed by atoms with E-state index in [1.165, 1.54) is 9.80 Å². The fourth-order valence-corrected chi connectivity index (χ4v) is 18.0. The molecule has 25 heteroatoms. The van der Waals surface area contributed by atoms with E-state index in [1.807, 2.05) is 85.8 Å². The third kappa shape index (κ3) is 22.6. The van der Waals surface area contributed by atoms with Gasteiger partial charge in [0.25, 0.3) is 0 Å². The average molecular weight is 1530 g/mol. The highest BCUT2D eigenvalue weighted by molar-refractivity contribution is 6.76. The van der Waals surface area contributed by atoms with Crippen molar-refractivity contribution in [2.24, 2.45) is 11.7 Å². The molecule has 3 aromatic rings. The number of likely N-dealkylation sites (tertiary alicyclic amines) is 1. The third-order valence-corrected chi connectivity index (χ3v) is 50.3. The Kier molecular flexibility index (Phi) is 27.9. The number of carbonyl (C=O) groups excluding carboxylic acids is 6. The smallest absolute Gasteiger partial charge is 0.408 e. The van der Waals surface area contributed by atoms with Crippen molar-refractivity contribution in [3.05, 3.63) is 108 Å². The van der Waals surface area contributed by atoms with Gasteiger partial charge >= 0.3 is 6.09 Å². The Morgan fingerprint density at radius 2 is 0.951 bits per heavy atom. The molecule has 0 saturated carbocycles. The van der Waals surface area contributed by atoms with Gasteiger partial charge in [-0.15, -0.1) is 0 Å². The van der Waals surface area contributed by atoms with Gasteiger partial charge in [0.15, 0.2) is 25.0 Å². The fourth-order valence-electron chi connectivity index (χ4n) is 10.7. The van der Waals surface area contributed by atoms with Gasteiger partial charge < -0.3 is 62.8 Å². The van der Waals surface area contributed by atoms with E-state index in [0.29, 0.717) is 22.8 Å². The van der Waals surface area contributed by atoms with Crippen molar-refractivity contribution in [2.75, 3.05) is 6.54 Å². The van der Waals surface area contributed by atoms with Crippen LogP contribution in [0.4, 0.5) is 4.79 Å². The van der Waals surface area contributed by atoms with E-state index in [4.69, 9.17) is 37.0 Å². The van der Waals surface area contributed by atoms with Gasteiger partial charge in [-0.1, -0.05) is 186 Å². The number of rotatable bonds is 28. The summed E-state index contributed by atoms with van der Waals surface area (Å²) in [6.07, 6.45) is -2.22. The first kappa shape index (κ1) is 88.2. The molecule has 0 spiro atoms. The molecule has 0 aliphatic carbocycles. The van der Waals surface area contributed by atoms with Gasteiger partial charge in [-0.05, 0) is 163 Å². The molecule has 103 heavy (non-hydrogen) atoms. The predicted octanol–water partition coefficient (Wildman–Crippen LogP) is 16.5. The Labute approximate surface area is 626 Å². The molecule has 0 aromatic heterocycles. The number of alkyl carbamates (subject to hydrolysis) is 1. The Morgan fingerprint density at radius 1 is 0.515 bits per heavy atom. The lowest BCUT2D eigenvalue weighted by molar-refractivity contribution is -0.145. The first-order chi connectivity index (χ1) is 46.5. The number of hydrogen-bond donors (Lipinski definition) is 4. The summed E-state index contributed by atoms with van der Waals surface area (Å²) in [7, 11) is -15.6. The molecule has 19 nitrogen and oxygen atoms in total. The highest BCUT2D eigenvalue weighted by atomic mass is 28.4. The Bertz CT molecular complexity index is 3450. The van der Waals surface area contributed by atoms with Crippen molar-refractivity contribution in [3.8, 4) is 11.5 Å². The molecule has 5 N–H and O–H groups in total. The molecule has 0 radical (unpaired) electrons. The number of amides is 6. The van der Waals surface area contributed by atoms with Crippen molar-refractivity contribution >= 4 is 85.5 Å². The summed E-state index contributed by atoms with van der Waals surface area (Å²) in [5, 5.41) is 7.76.